The summed E-state index contributed by atoms with van der Waals surface area (Å²) in [6, 6.07) is -0.256. The fraction of sp³-hybridized carbons (Fsp3) is 0.556. The van der Waals surface area contributed by atoms with Crippen LogP contribution in [0.15, 0.2) is 15.8 Å². The van der Waals surface area contributed by atoms with Crippen molar-refractivity contribution >= 4 is 11.8 Å². The van der Waals surface area contributed by atoms with Gasteiger partial charge in [-0.2, -0.15) is 16.2 Å². The van der Waals surface area contributed by atoms with Gasteiger partial charge in [-0.05, 0) is 0 Å². The lowest BCUT2D eigenvalue weighted by Gasteiger charge is -2.18. The molecule has 0 unspecified atom stereocenters. The van der Waals surface area contributed by atoms with Crippen LogP contribution in [0.2, 0.25) is 0 Å². The Morgan fingerprint density at radius 1 is 1.56 bits per heavy atom. The first-order chi connectivity index (χ1) is 7.63. The Labute approximate surface area is 94.3 Å². The average molecular weight is 246 g/mol. The Bertz CT molecular complexity index is 498. The molecule has 0 radical (unpaired) electrons. The van der Waals surface area contributed by atoms with Gasteiger partial charge in [-0.3, -0.25) is 14.3 Å². The molecule has 16 heavy (non-hydrogen) atoms. The SMILES string of the molecule is O=c1[nH]c(=O)n([C@H]2CSC[C@H]2CO)cc1F. The molecule has 0 aliphatic carbocycles. The molecule has 0 aromatic carbocycles. The first kappa shape index (κ1) is 11.4. The van der Waals surface area contributed by atoms with Gasteiger partial charge in [0.25, 0.3) is 5.56 Å². The molecule has 1 aliphatic rings. The highest BCUT2D eigenvalue weighted by molar-refractivity contribution is 7.99. The second-order valence-electron chi connectivity index (χ2n) is 3.69. The molecule has 1 aliphatic heterocycles. The summed E-state index contributed by atoms with van der Waals surface area (Å²) in [5, 5.41) is 9.12. The van der Waals surface area contributed by atoms with E-state index in [-0.39, 0.29) is 18.6 Å². The molecule has 2 atom stereocenters. The van der Waals surface area contributed by atoms with Gasteiger partial charge in [0.15, 0.2) is 0 Å². The molecule has 2 N–H and O–H groups in total. The van der Waals surface area contributed by atoms with E-state index in [9.17, 15) is 14.0 Å². The first-order valence-electron chi connectivity index (χ1n) is 4.83. The van der Waals surface area contributed by atoms with Gasteiger partial charge in [-0.1, -0.05) is 0 Å². The van der Waals surface area contributed by atoms with Gasteiger partial charge in [0.1, 0.15) is 0 Å². The zero-order valence-electron chi connectivity index (χ0n) is 8.35. The van der Waals surface area contributed by atoms with E-state index in [1.54, 1.807) is 11.8 Å². The highest BCUT2D eigenvalue weighted by atomic mass is 32.2. The highest BCUT2D eigenvalue weighted by Crippen LogP contribution is 2.32. The molecule has 1 aromatic rings. The van der Waals surface area contributed by atoms with E-state index in [4.69, 9.17) is 5.11 Å². The first-order valence-corrected chi connectivity index (χ1v) is 5.98. The number of aliphatic hydroxyl groups excluding tert-OH is 1. The van der Waals surface area contributed by atoms with Gasteiger partial charge in [0, 0.05) is 24.0 Å². The molecule has 7 heteroatoms. The summed E-state index contributed by atoms with van der Waals surface area (Å²) in [6.45, 7) is -0.0507. The zero-order chi connectivity index (χ0) is 11.7. The van der Waals surface area contributed by atoms with Crippen LogP contribution in [0.4, 0.5) is 4.39 Å². The molecular formula is C9H11FN2O3S. The van der Waals surface area contributed by atoms with Crippen LogP contribution in [0.5, 0.6) is 0 Å². The van der Waals surface area contributed by atoms with Crippen LogP contribution in [-0.2, 0) is 0 Å². The minimum atomic E-state index is -1.01. The van der Waals surface area contributed by atoms with E-state index in [2.05, 4.69) is 0 Å². The predicted molar refractivity (Wildman–Crippen MR) is 58.2 cm³/mol. The smallest absolute Gasteiger partial charge is 0.328 e. The molecular weight excluding hydrogens is 235 g/mol. The molecule has 1 saturated heterocycles. The summed E-state index contributed by atoms with van der Waals surface area (Å²) < 4.78 is 14.2. The monoisotopic (exact) mass is 246 g/mol. The molecule has 88 valence electrons. The number of hydrogen-bond acceptors (Lipinski definition) is 4. The minimum absolute atomic E-state index is 0.0507. The van der Waals surface area contributed by atoms with Crippen LogP contribution in [0.25, 0.3) is 0 Å². The molecule has 1 fully saturated rings. The van der Waals surface area contributed by atoms with Crippen LogP contribution < -0.4 is 11.2 Å². The summed E-state index contributed by atoms with van der Waals surface area (Å²) >= 11 is 1.59. The molecule has 0 bridgehead atoms. The van der Waals surface area contributed by atoms with Gasteiger partial charge >= 0.3 is 5.69 Å². The topological polar surface area (TPSA) is 75.1 Å². The number of nitrogens with one attached hydrogen (secondary N) is 1. The molecule has 0 spiro atoms. The van der Waals surface area contributed by atoms with E-state index in [0.717, 1.165) is 16.5 Å². The van der Waals surface area contributed by atoms with Crippen LogP contribution in [0.1, 0.15) is 6.04 Å². The van der Waals surface area contributed by atoms with Crippen LogP contribution in [0.3, 0.4) is 0 Å². The largest absolute Gasteiger partial charge is 0.396 e. The van der Waals surface area contributed by atoms with Crippen molar-refractivity contribution in [2.75, 3.05) is 18.1 Å². The normalized spacial score (nSPS) is 24.9. The Morgan fingerprint density at radius 2 is 2.31 bits per heavy atom. The molecule has 0 saturated carbocycles. The van der Waals surface area contributed by atoms with Crippen molar-refractivity contribution in [2.24, 2.45) is 5.92 Å². The van der Waals surface area contributed by atoms with Crippen LogP contribution >= 0.6 is 11.8 Å². The van der Waals surface area contributed by atoms with Crippen molar-refractivity contribution in [3.8, 4) is 0 Å². The lowest BCUT2D eigenvalue weighted by atomic mass is 10.1. The van der Waals surface area contributed by atoms with Crippen molar-refractivity contribution in [2.45, 2.75) is 6.04 Å². The summed E-state index contributed by atoms with van der Waals surface area (Å²) in [5.41, 5.74) is -1.63. The third-order valence-corrected chi connectivity index (χ3v) is 3.92. The van der Waals surface area contributed by atoms with Crippen LogP contribution in [0, 0.1) is 11.7 Å². The van der Waals surface area contributed by atoms with Gasteiger partial charge in [-0.25, -0.2) is 4.79 Å². The number of aliphatic hydroxyl groups is 1. The van der Waals surface area contributed by atoms with E-state index < -0.39 is 17.1 Å². The van der Waals surface area contributed by atoms with Gasteiger partial charge < -0.3 is 5.11 Å². The van der Waals surface area contributed by atoms with E-state index >= 15 is 0 Å². The quantitative estimate of drug-likeness (QED) is 0.742. The number of aromatic amines is 1. The Morgan fingerprint density at radius 3 is 3.00 bits per heavy atom. The molecule has 2 rings (SSSR count). The van der Waals surface area contributed by atoms with Gasteiger partial charge in [0.2, 0.25) is 5.82 Å². The second kappa shape index (κ2) is 4.42. The second-order valence-corrected chi connectivity index (χ2v) is 4.77. The number of halogens is 1. The highest BCUT2D eigenvalue weighted by Gasteiger charge is 2.29. The average Bonchev–Trinajstić information content (AvgIpc) is 2.71. The van der Waals surface area contributed by atoms with E-state index in [1.807, 2.05) is 4.98 Å². The molecule has 5 nitrogen and oxygen atoms in total. The third-order valence-electron chi connectivity index (χ3n) is 2.68. The standard InChI is InChI=1S/C9H11FN2O3S/c10-6-1-12(9(15)11-8(6)14)7-4-16-3-5(7)2-13/h1,5,7,13H,2-4H2,(H,11,14,15)/t5-,7+/m1/s1. The fourth-order valence-corrected chi connectivity index (χ4v) is 3.22. The van der Waals surface area contributed by atoms with Crippen molar-refractivity contribution in [1.29, 1.82) is 0 Å². The Hall–Kier alpha value is -1.08. The van der Waals surface area contributed by atoms with Gasteiger partial charge in [0.05, 0.1) is 12.2 Å². The molecule has 2 heterocycles. The lowest BCUT2D eigenvalue weighted by molar-refractivity contribution is 0.205. The summed E-state index contributed by atoms with van der Waals surface area (Å²) in [4.78, 5) is 24.3. The van der Waals surface area contributed by atoms with Crippen molar-refractivity contribution in [3.63, 3.8) is 0 Å². The Kier molecular flexibility index (Phi) is 3.15. The lowest BCUT2D eigenvalue weighted by Crippen LogP contribution is -2.36. The molecule has 1 aromatic heterocycles. The predicted octanol–water partition coefficient (Wildman–Crippen LogP) is -0.428. The fourth-order valence-electron chi connectivity index (χ4n) is 1.78. The zero-order valence-corrected chi connectivity index (χ0v) is 9.17. The molecule has 0 amide bonds. The van der Waals surface area contributed by atoms with Crippen molar-refractivity contribution in [3.05, 3.63) is 32.9 Å². The summed E-state index contributed by atoms with van der Waals surface area (Å²) in [6.07, 6.45) is 0.917. The van der Waals surface area contributed by atoms with Crippen molar-refractivity contribution in [1.82, 2.24) is 9.55 Å². The Balaban J connectivity index is 2.44. The number of nitrogens with zero attached hydrogens (tertiary/aromatic N) is 1. The van der Waals surface area contributed by atoms with Crippen molar-refractivity contribution < 1.29 is 9.50 Å². The van der Waals surface area contributed by atoms with Gasteiger partial charge in [-0.15, -0.1) is 0 Å². The minimum Gasteiger partial charge on any atom is -0.396 e. The maximum Gasteiger partial charge on any atom is 0.328 e. The maximum absolute atomic E-state index is 13.1. The third kappa shape index (κ3) is 1.92. The number of hydrogen-bond donors (Lipinski definition) is 2. The summed E-state index contributed by atoms with van der Waals surface area (Å²) in [5.74, 6) is 0.312. The summed E-state index contributed by atoms with van der Waals surface area (Å²) in [7, 11) is 0. The maximum atomic E-state index is 13.1. The number of H-pyrrole nitrogens is 1. The number of rotatable bonds is 2. The number of thioether (sulfide) groups is 1. The van der Waals surface area contributed by atoms with E-state index in [0.29, 0.717) is 5.75 Å². The number of aromatic nitrogens is 2. The van der Waals surface area contributed by atoms with E-state index in [1.165, 1.54) is 0 Å². The van der Waals surface area contributed by atoms with Crippen LogP contribution in [-0.4, -0.2) is 32.8 Å².